The summed E-state index contributed by atoms with van der Waals surface area (Å²) < 4.78 is 0. The fourth-order valence-electron chi connectivity index (χ4n) is 2.42. The number of hydrogen-bond donors (Lipinski definition) is 1. The molecule has 0 aliphatic carbocycles. The lowest BCUT2D eigenvalue weighted by Gasteiger charge is -2.19. The van der Waals surface area contributed by atoms with Gasteiger partial charge in [-0.05, 0) is 41.3 Å². The zero-order chi connectivity index (χ0) is 15.0. The molecule has 21 heavy (non-hydrogen) atoms. The van der Waals surface area contributed by atoms with Crippen molar-refractivity contribution in [3.8, 4) is 0 Å². The van der Waals surface area contributed by atoms with Crippen LogP contribution in [-0.2, 0) is 11.2 Å². The summed E-state index contributed by atoms with van der Waals surface area (Å²) >= 11 is 18.5. The smallest absolute Gasteiger partial charge is 0.224 e. The fourth-order valence-corrected chi connectivity index (χ4v) is 3.00. The molecule has 108 valence electrons. The molecule has 2 nitrogen and oxygen atoms in total. The fraction of sp³-hybridized carbons (Fsp3) is 0.188. The van der Waals surface area contributed by atoms with Crippen LogP contribution in [0.2, 0.25) is 10.0 Å². The molecule has 1 N–H and O–H groups in total. The number of nitrogens with one attached hydrogen (secondary N) is 1. The van der Waals surface area contributed by atoms with Gasteiger partial charge in [-0.15, -0.1) is 11.6 Å². The van der Waals surface area contributed by atoms with Crippen molar-refractivity contribution in [1.29, 1.82) is 0 Å². The zero-order valence-corrected chi connectivity index (χ0v) is 13.3. The first-order valence-electron chi connectivity index (χ1n) is 6.56. The van der Waals surface area contributed by atoms with Crippen LogP contribution in [0.5, 0.6) is 0 Å². The lowest BCUT2D eigenvalue weighted by molar-refractivity contribution is -0.116. The Morgan fingerprint density at radius 1 is 0.952 bits per heavy atom. The van der Waals surface area contributed by atoms with Crippen LogP contribution in [0.4, 0.5) is 5.69 Å². The topological polar surface area (TPSA) is 29.1 Å². The Kier molecular flexibility index (Phi) is 4.12. The van der Waals surface area contributed by atoms with Gasteiger partial charge in [0.2, 0.25) is 5.91 Å². The summed E-state index contributed by atoms with van der Waals surface area (Å²) in [5, 5.41) is 3.56. The van der Waals surface area contributed by atoms with Crippen molar-refractivity contribution in [2.24, 2.45) is 0 Å². The molecule has 0 aromatic heterocycles. The number of carbonyl (C=O) groups excluding carboxylic acids is 1. The van der Waals surface area contributed by atoms with E-state index in [2.05, 4.69) is 5.32 Å². The van der Waals surface area contributed by atoms with Crippen molar-refractivity contribution in [1.82, 2.24) is 0 Å². The van der Waals surface area contributed by atoms with Gasteiger partial charge in [-0.25, -0.2) is 0 Å². The van der Waals surface area contributed by atoms with Gasteiger partial charge in [0.05, 0.1) is 15.4 Å². The summed E-state index contributed by atoms with van der Waals surface area (Å²) in [6.07, 6.45) is 1.25. The summed E-state index contributed by atoms with van der Waals surface area (Å²) in [4.78, 5) is 11.4. The van der Waals surface area contributed by atoms with Gasteiger partial charge in [-0.1, -0.05) is 41.4 Å². The minimum Gasteiger partial charge on any atom is -0.326 e. The van der Waals surface area contributed by atoms with Gasteiger partial charge in [0.1, 0.15) is 0 Å². The maximum Gasteiger partial charge on any atom is 0.224 e. The molecule has 1 atom stereocenters. The van der Waals surface area contributed by atoms with Crippen LogP contribution >= 0.6 is 34.8 Å². The molecule has 3 rings (SSSR count). The van der Waals surface area contributed by atoms with Crippen molar-refractivity contribution in [3.63, 3.8) is 0 Å². The summed E-state index contributed by atoms with van der Waals surface area (Å²) in [5.41, 5.74) is 3.85. The minimum absolute atomic E-state index is 0.0576. The predicted molar refractivity (Wildman–Crippen MR) is 87.6 cm³/mol. The van der Waals surface area contributed by atoms with Crippen molar-refractivity contribution in [2.75, 3.05) is 5.32 Å². The molecule has 0 spiro atoms. The van der Waals surface area contributed by atoms with Crippen LogP contribution in [-0.4, -0.2) is 5.91 Å². The number of rotatable bonds is 2. The first-order chi connectivity index (χ1) is 10.0. The Morgan fingerprint density at radius 2 is 1.67 bits per heavy atom. The number of hydrogen-bond acceptors (Lipinski definition) is 1. The van der Waals surface area contributed by atoms with Gasteiger partial charge < -0.3 is 5.32 Å². The number of fused-ring (bicyclic) bond motifs is 1. The lowest BCUT2D eigenvalue weighted by atomic mass is 9.97. The van der Waals surface area contributed by atoms with Gasteiger partial charge in [-0.2, -0.15) is 0 Å². The normalized spacial score (nSPS) is 15.3. The first-order valence-corrected chi connectivity index (χ1v) is 7.75. The molecule has 1 unspecified atom stereocenters. The van der Waals surface area contributed by atoms with Crippen molar-refractivity contribution >= 4 is 46.4 Å². The molecule has 0 saturated carbocycles. The third-order valence-corrected chi connectivity index (χ3v) is 4.80. The monoisotopic (exact) mass is 339 g/mol. The number of anilines is 1. The molecular formula is C16H12Cl3NO. The van der Waals surface area contributed by atoms with Gasteiger partial charge in [0.15, 0.2) is 0 Å². The van der Waals surface area contributed by atoms with Gasteiger partial charge in [0.25, 0.3) is 0 Å². The average molecular weight is 341 g/mol. The average Bonchev–Trinajstić information content (AvgIpc) is 2.49. The van der Waals surface area contributed by atoms with Crippen LogP contribution in [0.25, 0.3) is 0 Å². The number of aryl methyl sites for hydroxylation is 1. The third kappa shape index (κ3) is 3.03. The van der Waals surface area contributed by atoms with E-state index in [0.29, 0.717) is 16.5 Å². The van der Waals surface area contributed by atoms with Gasteiger partial charge >= 0.3 is 0 Å². The zero-order valence-electron chi connectivity index (χ0n) is 11.0. The summed E-state index contributed by atoms with van der Waals surface area (Å²) in [6, 6.07) is 11.2. The minimum atomic E-state index is -0.303. The molecule has 5 heteroatoms. The molecular weight excluding hydrogens is 329 g/mol. The summed E-state index contributed by atoms with van der Waals surface area (Å²) in [6.45, 7) is 0. The Bertz CT molecular complexity index is 715. The van der Waals surface area contributed by atoms with E-state index in [1.165, 1.54) is 0 Å². The van der Waals surface area contributed by atoms with Gasteiger partial charge in [-0.3, -0.25) is 4.79 Å². The second kappa shape index (κ2) is 5.88. The Balaban J connectivity index is 1.93. The first kappa shape index (κ1) is 14.7. The van der Waals surface area contributed by atoms with Crippen molar-refractivity contribution in [2.45, 2.75) is 18.2 Å². The van der Waals surface area contributed by atoms with E-state index in [4.69, 9.17) is 34.8 Å². The highest BCUT2D eigenvalue weighted by Gasteiger charge is 2.18. The number of alkyl halides is 1. The van der Waals surface area contributed by atoms with Crippen LogP contribution in [0, 0.1) is 0 Å². The molecule has 2 aromatic carbocycles. The lowest BCUT2D eigenvalue weighted by Crippen LogP contribution is -2.19. The second-order valence-corrected chi connectivity index (χ2v) is 6.25. The molecule has 0 bridgehead atoms. The van der Waals surface area contributed by atoms with E-state index in [1.807, 2.05) is 24.3 Å². The maximum atomic E-state index is 11.4. The van der Waals surface area contributed by atoms with Crippen molar-refractivity contribution in [3.05, 3.63) is 63.1 Å². The Morgan fingerprint density at radius 3 is 2.43 bits per heavy atom. The second-order valence-electron chi connectivity index (χ2n) is 5.00. The van der Waals surface area contributed by atoms with Crippen LogP contribution in [0.3, 0.4) is 0 Å². The van der Waals surface area contributed by atoms with E-state index < -0.39 is 0 Å². The van der Waals surface area contributed by atoms with Gasteiger partial charge in [0, 0.05) is 12.1 Å². The van der Waals surface area contributed by atoms with E-state index in [-0.39, 0.29) is 11.3 Å². The number of amides is 1. The highest BCUT2D eigenvalue weighted by atomic mass is 35.5. The summed E-state index contributed by atoms with van der Waals surface area (Å²) in [5.74, 6) is 0.0576. The van der Waals surface area contributed by atoms with Crippen molar-refractivity contribution < 1.29 is 4.79 Å². The van der Waals surface area contributed by atoms with Crippen LogP contribution in [0.1, 0.15) is 28.5 Å². The Hall–Kier alpha value is -1.22. The molecule has 1 aliphatic heterocycles. The van der Waals surface area contributed by atoms with E-state index >= 15 is 0 Å². The third-order valence-electron chi connectivity index (χ3n) is 3.55. The van der Waals surface area contributed by atoms with E-state index in [9.17, 15) is 4.79 Å². The quantitative estimate of drug-likeness (QED) is 0.747. The SMILES string of the molecule is O=C1CCc2cc(C(Cl)c3ccc(Cl)c(Cl)c3)ccc2N1. The largest absolute Gasteiger partial charge is 0.326 e. The Labute approximate surface area is 138 Å². The highest BCUT2D eigenvalue weighted by molar-refractivity contribution is 6.42. The molecule has 1 amide bonds. The highest BCUT2D eigenvalue weighted by Crippen LogP contribution is 2.35. The molecule has 2 aromatic rings. The molecule has 1 heterocycles. The number of benzene rings is 2. The maximum absolute atomic E-state index is 11.4. The standard InChI is InChI=1S/C16H12Cl3NO/c17-12-4-1-11(8-13(12)18)16(19)10-2-5-14-9(7-10)3-6-15(21)20-14/h1-2,4-5,7-8,16H,3,6H2,(H,20,21). The molecule has 0 radical (unpaired) electrons. The molecule has 1 aliphatic rings. The van der Waals surface area contributed by atoms with Crippen LogP contribution in [0.15, 0.2) is 36.4 Å². The molecule has 0 saturated heterocycles. The summed E-state index contributed by atoms with van der Waals surface area (Å²) in [7, 11) is 0. The van der Waals surface area contributed by atoms with Crippen LogP contribution < -0.4 is 5.32 Å². The van der Waals surface area contributed by atoms with E-state index in [1.54, 1.807) is 12.1 Å². The van der Waals surface area contributed by atoms with E-state index in [0.717, 1.165) is 28.8 Å². The number of carbonyl (C=O) groups is 1. The number of halogens is 3. The predicted octanol–water partition coefficient (Wildman–Crippen LogP) is 5.21. The molecule has 0 fully saturated rings.